The number of aliphatic hydroxyl groups is 1. The highest BCUT2D eigenvalue weighted by Gasteiger charge is 2.25. The number of rotatable bonds is 5. The van der Waals surface area contributed by atoms with Gasteiger partial charge in [0.15, 0.2) is 0 Å². The molecular weight excluding hydrogens is 188 g/mol. The molecule has 0 bridgehead atoms. The molecule has 0 aliphatic heterocycles. The first-order chi connectivity index (χ1) is 6.95. The molecule has 0 aliphatic rings. The minimum atomic E-state index is -0.234. The van der Waals surface area contributed by atoms with Gasteiger partial charge in [0.05, 0.1) is 12.3 Å². The van der Waals surface area contributed by atoms with Gasteiger partial charge in [-0.25, -0.2) is 0 Å². The fourth-order valence-electron chi connectivity index (χ4n) is 1.53. The van der Waals surface area contributed by atoms with Gasteiger partial charge >= 0.3 is 0 Å². The van der Waals surface area contributed by atoms with Crippen LogP contribution >= 0.6 is 0 Å². The summed E-state index contributed by atoms with van der Waals surface area (Å²) in [7, 11) is 1.91. The summed E-state index contributed by atoms with van der Waals surface area (Å²) in [5.74, 6) is 0. The molecule has 0 radical (unpaired) electrons. The molecule has 0 fully saturated rings. The van der Waals surface area contributed by atoms with Gasteiger partial charge in [0, 0.05) is 13.2 Å². The third kappa shape index (κ3) is 3.34. The summed E-state index contributed by atoms with van der Waals surface area (Å²) in [5, 5.41) is 14.1. The summed E-state index contributed by atoms with van der Waals surface area (Å²) in [6.45, 7) is 6.34. The molecule has 0 aliphatic carbocycles. The Kier molecular flexibility index (Phi) is 3.91. The monoisotopic (exact) mass is 210 g/mol. The molecule has 3 heteroatoms. The molecule has 1 N–H and O–H groups in total. The zero-order valence-corrected chi connectivity index (χ0v) is 10.2. The molecule has 1 aromatic rings. The number of nitrogens with zero attached hydrogens (tertiary/aromatic N) is 2. The van der Waals surface area contributed by atoms with E-state index in [9.17, 15) is 5.11 Å². The van der Waals surface area contributed by atoms with Crippen molar-refractivity contribution in [3.05, 3.63) is 18.0 Å². The number of aryl methyl sites for hydroxylation is 2. The Hall–Kier alpha value is -0.830. The van der Waals surface area contributed by atoms with Crippen LogP contribution in [0.1, 0.15) is 39.2 Å². The van der Waals surface area contributed by atoms with Gasteiger partial charge in [0.1, 0.15) is 0 Å². The van der Waals surface area contributed by atoms with E-state index in [-0.39, 0.29) is 11.5 Å². The van der Waals surface area contributed by atoms with Crippen molar-refractivity contribution in [1.82, 2.24) is 9.78 Å². The second kappa shape index (κ2) is 4.79. The summed E-state index contributed by atoms with van der Waals surface area (Å²) >= 11 is 0. The molecule has 0 aromatic carbocycles. The molecule has 86 valence electrons. The number of aliphatic hydroxyl groups excluding tert-OH is 1. The Morgan fingerprint density at radius 2 is 2.20 bits per heavy atom. The van der Waals surface area contributed by atoms with Crippen LogP contribution in [0.2, 0.25) is 0 Å². The van der Waals surface area contributed by atoms with Crippen molar-refractivity contribution in [3.63, 3.8) is 0 Å². The Labute approximate surface area is 92.1 Å². The van der Waals surface area contributed by atoms with Crippen LogP contribution in [0.15, 0.2) is 12.4 Å². The van der Waals surface area contributed by atoms with E-state index in [4.69, 9.17) is 0 Å². The summed E-state index contributed by atoms with van der Waals surface area (Å²) in [5.41, 5.74) is 1.21. The standard InChI is InChI=1S/C12H22N2O/c1-5-12(2,3)11(15)7-6-10-8-13-14(4)9-10/h8-9,11,15H,5-7H2,1-4H3. The van der Waals surface area contributed by atoms with E-state index in [0.717, 1.165) is 19.3 Å². The summed E-state index contributed by atoms with van der Waals surface area (Å²) in [6.07, 6.45) is 6.35. The van der Waals surface area contributed by atoms with Crippen LogP contribution in [-0.4, -0.2) is 21.0 Å². The maximum absolute atomic E-state index is 10.0. The van der Waals surface area contributed by atoms with Crippen molar-refractivity contribution in [2.24, 2.45) is 12.5 Å². The van der Waals surface area contributed by atoms with E-state index in [1.54, 1.807) is 4.68 Å². The lowest BCUT2D eigenvalue weighted by molar-refractivity contribution is 0.0408. The first-order valence-electron chi connectivity index (χ1n) is 5.61. The summed E-state index contributed by atoms with van der Waals surface area (Å²) in [6, 6.07) is 0. The molecule has 1 unspecified atom stereocenters. The second-order valence-electron chi connectivity index (χ2n) is 4.92. The maximum Gasteiger partial charge on any atom is 0.0594 e. The first kappa shape index (κ1) is 12.2. The zero-order valence-electron chi connectivity index (χ0n) is 10.2. The predicted molar refractivity (Wildman–Crippen MR) is 61.6 cm³/mol. The zero-order chi connectivity index (χ0) is 11.5. The minimum absolute atomic E-state index is 0.0161. The highest BCUT2D eigenvalue weighted by molar-refractivity contribution is 5.04. The van der Waals surface area contributed by atoms with Gasteiger partial charge < -0.3 is 5.11 Å². The third-order valence-electron chi connectivity index (χ3n) is 3.28. The van der Waals surface area contributed by atoms with Crippen LogP contribution < -0.4 is 0 Å². The molecule has 1 aromatic heterocycles. The van der Waals surface area contributed by atoms with Crippen molar-refractivity contribution in [1.29, 1.82) is 0 Å². The van der Waals surface area contributed by atoms with Gasteiger partial charge in [0.2, 0.25) is 0 Å². The van der Waals surface area contributed by atoms with Gasteiger partial charge in [-0.15, -0.1) is 0 Å². The van der Waals surface area contributed by atoms with E-state index in [2.05, 4.69) is 25.9 Å². The quantitative estimate of drug-likeness (QED) is 0.808. The molecule has 15 heavy (non-hydrogen) atoms. The van der Waals surface area contributed by atoms with E-state index in [1.165, 1.54) is 5.56 Å². The van der Waals surface area contributed by atoms with Crippen LogP contribution in [-0.2, 0) is 13.5 Å². The number of aromatic nitrogens is 2. The van der Waals surface area contributed by atoms with Crippen molar-refractivity contribution < 1.29 is 5.11 Å². The van der Waals surface area contributed by atoms with Gasteiger partial charge in [-0.05, 0) is 30.2 Å². The predicted octanol–water partition coefficient (Wildman–Crippen LogP) is 2.15. The molecule has 1 atom stereocenters. The molecule has 0 spiro atoms. The lowest BCUT2D eigenvalue weighted by atomic mass is 9.81. The van der Waals surface area contributed by atoms with Crippen molar-refractivity contribution in [3.8, 4) is 0 Å². The lowest BCUT2D eigenvalue weighted by Crippen LogP contribution is -2.28. The van der Waals surface area contributed by atoms with Crippen LogP contribution in [0.25, 0.3) is 0 Å². The molecule has 0 saturated carbocycles. The lowest BCUT2D eigenvalue weighted by Gasteiger charge is -2.29. The molecule has 1 heterocycles. The van der Waals surface area contributed by atoms with Crippen LogP contribution in [0, 0.1) is 5.41 Å². The van der Waals surface area contributed by atoms with E-state index < -0.39 is 0 Å². The van der Waals surface area contributed by atoms with E-state index >= 15 is 0 Å². The molecule has 0 saturated heterocycles. The fraction of sp³-hybridized carbons (Fsp3) is 0.750. The smallest absolute Gasteiger partial charge is 0.0594 e. The minimum Gasteiger partial charge on any atom is -0.393 e. The van der Waals surface area contributed by atoms with E-state index in [0.29, 0.717) is 0 Å². The number of hydrogen-bond donors (Lipinski definition) is 1. The summed E-state index contributed by atoms with van der Waals surface area (Å²) in [4.78, 5) is 0. The second-order valence-corrected chi connectivity index (χ2v) is 4.92. The largest absolute Gasteiger partial charge is 0.393 e. The highest BCUT2D eigenvalue weighted by atomic mass is 16.3. The molecule has 0 amide bonds. The SMILES string of the molecule is CCC(C)(C)C(O)CCc1cnn(C)c1. The Morgan fingerprint density at radius 1 is 1.53 bits per heavy atom. The topological polar surface area (TPSA) is 38.1 Å². The van der Waals surface area contributed by atoms with Crippen LogP contribution in [0.4, 0.5) is 0 Å². The van der Waals surface area contributed by atoms with Gasteiger partial charge in [-0.1, -0.05) is 20.8 Å². The van der Waals surface area contributed by atoms with Crippen LogP contribution in [0.5, 0.6) is 0 Å². The molecular formula is C12H22N2O. The van der Waals surface area contributed by atoms with Gasteiger partial charge in [-0.2, -0.15) is 5.10 Å². The average Bonchev–Trinajstić information content (AvgIpc) is 2.60. The molecule has 3 nitrogen and oxygen atoms in total. The third-order valence-corrected chi connectivity index (χ3v) is 3.28. The van der Waals surface area contributed by atoms with Crippen LogP contribution in [0.3, 0.4) is 0 Å². The van der Waals surface area contributed by atoms with Gasteiger partial charge in [0.25, 0.3) is 0 Å². The normalized spacial score (nSPS) is 14.2. The fourth-order valence-corrected chi connectivity index (χ4v) is 1.53. The number of hydrogen-bond acceptors (Lipinski definition) is 2. The Balaban J connectivity index is 2.44. The highest BCUT2D eigenvalue weighted by Crippen LogP contribution is 2.27. The maximum atomic E-state index is 10.0. The first-order valence-corrected chi connectivity index (χ1v) is 5.61. The van der Waals surface area contributed by atoms with Crippen molar-refractivity contribution in [2.75, 3.05) is 0 Å². The van der Waals surface area contributed by atoms with Crippen molar-refractivity contribution >= 4 is 0 Å². The van der Waals surface area contributed by atoms with Gasteiger partial charge in [-0.3, -0.25) is 4.68 Å². The van der Waals surface area contributed by atoms with Crippen molar-refractivity contribution in [2.45, 2.75) is 46.1 Å². The van der Waals surface area contributed by atoms with E-state index in [1.807, 2.05) is 19.4 Å². The Morgan fingerprint density at radius 3 is 2.67 bits per heavy atom. The summed E-state index contributed by atoms with van der Waals surface area (Å²) < 4.78 is 1.80. The average molecular weight is 210 g/mol. The Bertz CT molecular complexity index is 304. The molecule has 1 rings (SSSR count).